The number of rotatable bonds is 10. The van der Waals surface area contributed by atoms with Gasteiger partial charge >= 0.3 is 0 Å². The molecule has 1 atom stereocenters. The summed E-state index contributed by atoms with van der Waals surface area (Å²) in [5.41, 5.74) is 2.95. The lowest BCUT2D eigenvalue weighted by molar-refractivity contribution is -0.121. The predicted octanol–water partition coefficient (Wildman–Crippen LogP) is 3.21. The lowest BCUT2D eigenvalue weighted by atomic mass is 10.1. The number of aryl methyl sites for hydroxylation is 1. The van der Waals surface area contributed by atoms with Gasteiger partial charge in [-0.1, -0.05) is 24.3 Å². The van der Waals surface area contributed by atoms with E-state index in [1.54, 1.807) is 43.0 Å². The van der Waals surface area contributed by atoms with E-state index in [-0.39, 0.29) is 5.91 Å². The van der Waals surface area contributed by atoms with Crippen molar-refractivity contribution in [2.45, 2.75) is 25.6 Å². The van der Waals surface area contributed by atoms with Crippen LogP contribution in [0, 0.1) is 6.92 Å². The molecule has 0 heterocycles. The Hall–Kier alpha value is -2.19. The number of methoxy groups -OCH3 is 1. The second-order valence-corrected chi connectivity index (χ2v) is 9.67. The van der Waals surface area contributed by atoms with Crippen LogP contribution in [-0.2, 0) is 20.6 Å². The van der Waals surface area contributed by atoms with Gasteiger partial charge in [0.05, 0.1) is 19.1 Å². The fourth-order valence-corrected chi connectivity index (χ4v) is 5.00. The highest BCUT2D eigenvalue weighted by atomic mass is 32.2. The van der Waals surface area contributed by atoms with E-state index in [4.69, 9.17) is 4.74 Å². The molecule has 0 aliphatic carbocycles. The van der Waals surface area contributed by atoms with Crippen molar-refractivity contribution < 1.29 is 17.9 Å². The number of thioether (sulfide) groups is 1. The number of nitrogens with one attached hydrogen (secondary N) is 1. The lowest BCUT2D eigenvalue weighted by Gasteiger charge is -2.28. The van der Waals surface area contributed by atoms with Gasteiger partial charge in [-0.2, -0.15) is 11.8 Å². The first-order valence-corrected chi connectivity index (χ1v) is 12.3. The van der Waals surface area contributed by atoms with Crippen LogP contribution in [-0.4, -0.2) is 46.0 Å². The highest BCUT2D eigenvalue weighted by Crippen LogP contribution is 2.24. The largest absolute Gasteiger partial charge is 0.497 e. The van der Waals surface area contributed by atoms with Gasteiger partial charge in [0.1, 0.15) is 11.8 Å². The third-order valence-electron chi connectivity index (χ3n) is 4.48. The molecule has 6 nitrogen and oxygen atoms in total. The van der Waals surface area contributed by atoms with E-state index in [1.807, 2.05) is 12.1 Å². The Morgan fingerprint density at radius 3 is 2.41 bits per heavy atom. The van der Waals surface area contributed by atoms with Gasteiger partial charge in [0.25, 0.3) is 0 Å². The number of hydrogen-bond donors (Lipinski definition) is 1. The van der Waals surface area contributed by atoms with Crippen molar-refractivity contribution in [3.63, 3.8) is 0 Å². The van der Waals surface area contributed by atoms with Gasteiger partial charge in [0.2, 0.25) is 15.9 Å². The zero-order valence-corrected chi connectivity index (χ0v) is 18.8. The molecule has 29 heavy (non-hydrogen) atoms. The van der Waals surface area contributed by atoms with E-state index in [0.717, 1.165) is 22.1 Å². The molecule has 0 saturated carbocycles. The fourth-order valence-electron chi connectivity index (χ4n) is 2.89. The minimum atomic E-state index is -3.63. The normalized spacial score (nSPS) is 12.3. The number of sulfonamides is 1. The van der Waals surface area contributed by atoms with Crippen molar-refractivity contribution in [2.75, 3.05) is 30.0 Å². The monoisotopic (exact) mass is 436 g/mol. The maximum atomic E-state index is 12.6. The fraction of sp³-hybridized carbons (Fsp3) is 0.381. The number of anilines is 1. The average molecular weight is 437 g/mol. The predicted molar refractivity (Wildman–Crippen MR) is 120 cm³/mol. The number of amides is 1. The summed E-state index contributed by atoms with van der Waals surface area (Å²) in [6, 6.07) is 13.9. The SMILES string of the molecule is COc1ccc(N([C@@H](C)C(=O)NCCSCc2ccccc2C)S(C)(=O)=O)cc1. The van der Waals surface area contributed by atoms with Crippen LogP contribution in [0.15, 0.2) is 48.5 Å². The number of hydrogen-bond acceptors (Lipinski definition) is 5. The first-order chi connectivity index (χ1) is 13.7. The van der Waals surface area contributed by atoms with Crippen molar-refractivity contribution in [3.05, 3.63) is 59.7 Å². The zero-order chi connectivity index (χ0) is 21.4. The molecule has 1 amide bonds. The van der Waals surface area contributed by atoms with Crippen LogP contribution >= 0.6 is 11.8 Å². The van der Waals surface area contributed by atoms with Gasteiger partial charge in [-0.05, 0) is 49.2 Å². The molecule has 0 saturated heterocycles. The second kappa shape index (κ2) is 10.5. The molecule has 0 radical (unpaired) electrons. The summed E-state index contributed by atoms with van der Waals surface area (Å²) in [5, 5.41) is 2.84. The number of carbonyl (C=O) groups is 1. The van der Waals surface area contributed by atoms with Crippen LogP contribution in [0.2, 0.25) is 0 Å². The Balaban J connectivity index is 1.92. The first-order valence-electron chi connectivity index (χ1n) is 9.27. The van der Waals surface area contributed by atoms with E-state index in [0.29, 0.717) is 18.0 Å². The minimum Gasteiger partial charge on any atom is -0.497 e. The molecular weight excluding hydrogens is 408 g/mol. The Morgan fingerprint density at radius 2 is 1.83 bits per heavy atom. The van der Waals surface area contributed by atoms with Crippen molar-refractivity contribution in [3.8, 4) is 5.75 Å². The van der Waals surface area contributed by atoms with Crippen molar-refractivity contribution >= 4 is 33.4 Å². The van der Waals surface area contributed by atoms with Gasteiger partial charge in [0.15, 0.2) is 0 Å². The summed E-state index contributed by atoms with van der Waals surface area (Å²) in [4.78, 5) is 12.6. The molecule has 0 fully saturated rings. The standard InChI is InChI=1S/C21H28N2O4S2/c1-16-7-5-6-8-18(16)15-28-14-13-22-21(24)17(2)23(29(4,25)26)19-9-11-20(27-3)12-10-19/h5-12,17H,13-15H2,1-4H3,(H,22,24)/t17-/m0/s1. The molecular formula is C21H28N2O4S2. The van der Waals surface area contributed by atoms with Gasteiger partial charge < -0.3 is 10.1 Å². The van der Waals surface area contributed by atoms with Crippen LogP contribution in [0.5, 0.6) is 5.75 Å². The molecule has 158 valence electrons. The van der Waals surface area contributed by atoms with Crippen LogP contribution in [0.4, 0.5) is 5.69 Å². The summed E-state index contributed by atoms with van der Waals surface area (Å²) < 4.78 is 30.9. The summed E-state index contributed by atoms with van der Waals surface area (Å²) in [6.07, 6.45) is 1.10. The van der Waals surface area contributed by atoms with Crippen LogP contribution in [0.25, 0.3) is 0 Å². The van der Waals surface area contributed by atoms with E-state index in [2.05, 4.69) is 24.4 Å². The molecule has 0 aromatic heterocycles. The van der Waals surface area contributed by atoms with Crippen LogP contribution in [0.3, 0.4) is 0 Å². The molecule has 0 aliphatic rings. The van der Waals surface area contributed by atoms with E-state index >= 15 is 0 Å². The Morgan fingerprint density at radius 1 is 1.17 bits per heavy atom. The number of carbonyl (C=O) groups excluding carboxylic acids is 1. The minimum absolute atomic E-state index is 0.331. The van der Waals surface area contributed by atoms with Crippen molar-refractivity contribution in [2.24, 2.45) is 0 Å². The molecule has 2 aromatic carbocycles. The highest BCUT2D eigenvalue weighted by Gasteiger charge is 2.28. The molecule has 0 aliphatic heterocycles. The third-order valence-corrected chi connectivity index (χ3v) is 6.73. The van der Waals surface area contributed by atoms with Crippen molar-refractivity contribution in [1.82, 2.24) is 5.32 Å². The molecule has 2 aromatic rings. The van der Waals surface area contributed by atoms with E-state index < -0.39 is 16.1 Å². The smallest absolute Gasteiger partial charge is 0.243 e. The van der Waals surface area contributed by atoms with Crippen LogP contribution < -0.4 is 14.4 Å². The summed E-state index contributed by atoms with van der Waals surface area (Å²) in [6.45, 7) is 4.14. The molecule has 8 heteroatoms. The molecule has 0 unspecified atom stereocenters. The quantitative estimate of drug-likeness (QED) is 0.579. The number of nitrogens with zero attached hydrogens (tertiary/aromatic N) is 1. The van der Waals surface area contributed by atoms with Gasteiger partial charge in [0, 0.05) is 18.1 Å². The van der Waals surface area contributed by atoms with E-state index in [1.165, 1.54) is 18.2 Å². The third kappa shape index (κ3) is 6.68. The van der Waals surface area contributed by atoms with Gasteiger partial charge in [-0.15, -0.1) is 0 Å². The topological polar surface area (TPSA) is 75.7 Å². The van der Waals surface area contributed by atoms with Gasteiger partial charge in [-0.3, -0.25) is 9.10 Å². The van der Waals surface area contributed by atoms with Crippen LogP contribution in [0.1, 0.15) is 18.1 Å². The molecule has 1 N–H and O–H groups in total. The highest BCUT2D eigenvalue weighted by molar-refractivity contribution is 7.98. The molecule has 2 rings (SSSR count). The average Bonchev–Trinajstić information content (AvgIpc) is 2.68. The van der Waals surface area contributed by atoms with Gasteiger partial charge in [-0.25, -0.2) is 8.42 Å². The maximum absolute atomic E-state index is 12.6. The number of ether oxygens (including phenoxy) is 1. The summed E-state index contributed by atoms with van der Waals surface area (Å²) >= 11 is 1.73. The molecule has 0 bridgehead atoms. The Bertz CT molecular complexity index is 915. The van der Waals surface area contributed by atoms with E-state index in [9.17, 15) is 13.2 Å². The Labute approximate surface area is 177 Å². The first kappa shape index (κ1) is 23.1. The Kier molecular flexibility index (Phi) is 8.40. The maximum Gasteiger partial charge on any atom is 0.243 e. The molecule has 0 spiro atoms. The lowest BCUT2D eigenvalue weighted by Crippen LogP contribution is -2.48. The summed E-state index contributed by atoms with van der Waals surface area (Å²) in [5.74, 6) is 1.90. The zero-order valence-electron chi connectivity index (χ0n) is 17.2. The second-order valence-electron chi connectivity index (χ2n) is 6.70. The number of benzene rings is 2. The van der Waals surface area contributed by atoms with Crippen molar-refractivity contribution in [1.29, 1.82) is 0 Å². The summed E-state index contributed by atoms with van der Waals surface area (Å²) in [7, 11) is -2.09.